The molecular formula is C24H19Cl2FN4O2S. The molecule has 4 rings (SSSR count). The number of amides is 1. The molecule has 0 aliphatic rings. The molecule has 0 saturated heterocycles. The number of carbonyl (C=O) groups excluding carboxylic acids is 1. The highest BCUT2D eigenvalue weighted by atomic mass is 35.5. The third kappa shape index (κ3) is 5.70. The van der Waals surface area contributed by atoms with Gasteiger partial charge in [-0.05, 0) is 54.1 Å². The molecule has 1 heterocycles. The number of thioether (sulfide) groups is 1. The Kier molecular flexibility index (Phi) is 7.72. The Hall–Kier alpha value is -3.07. The van der Waals surface area contributed by atoms with Gasteiger partial charge < -0.3 is 10.1 Å². The summed E-state index contributed by atoms with van der Waals surface area (Å²) in [6, 6.07) is 18.2. The Labute approximate surface area is 210 Å². The van der Waals surface area contributed by atoms with Crippen molar-refractivity contribution < 1.29 is 13.9 Å². The van der Waals surface area contributed by atoms with Crippen LogP contribution < -0.4 is 10.1 Å². The maximum Gasteiger partial charge on any atom is 0.251 e. The summed E-state index contributed by atoms with van der Waals surface area (Å²) in [5.74, 6) is 1.01. The molecular weight excluding hydrogens is 498 g/mol. The highest BCUT2D eigenvalue weighted by Gasteiger charge is 2.18. The number of ether oxygens (including phenoxy) is 1. The minimum atomic E-state index is -0.295. The first-order chi connectivity index (χ1) is 16.4. The van der Waals surface area contributed by atoms with E-state index in [1.165, 1.54) is 23.9 Å². The molecule has 4 aromatic rings. The van der Waals surface area contributed by atoms with Crippen LogP contribution in [-0.2, 0) is 12.3 Å². The van der Waals surface area contributed by atoms with Crippen LogP contribution in [0.5, 0.6) is 5.75 Å². The van der Waals surface area contributed by atoms with Gasteiger partial charge in [-0.15, -0.1) is 10.2 Å². The molecule has 3 aromatic carbocycles. The zero-order valence-electron chi connectivity index (χ0n) is 18.0. The number of halogens is 3. The first-order valence-corrected chi connectivity index (χ1v) is 11.9. The van der Waals surface area contributed by atoms with Crippen molar-refractivity contribution >= 4 is 40.9 Å². The molecule has 0 radical (unpaired) electrons. The quantitative estimate of drug-likeness (QED) is 0.293. The Morgan fingerprint density at radius 2 is 1.88 bits per heavy atom. The van der Waals surface area contributed by atoms with Gasteiger partial charge in [0.1, 0.15) is 11.6 Å². The SMILES string of the molecule is COc1cccc(C(=O)NCc2nnc(SCc3ccc(F)cc3)n2-c2cc(Cl)ccc2Cl)c1. The van der Waals surface area contributed by atoms with Gasteiger partial charge in [0.2, 0.25) is 0 Å². The van der Waals surface area contributed by atoms with E-state index in [0.717, 1.165) is 5.56 Å². The van der Waals surface area contributed by atoms with Gasteiger partial charge in [0.05, 0.1) is 24.4 Å². The van der Waals surface area contributed by atoms with Crippen LogP contribution in [0.2, 0.25) is 10.0 Å². The molecule has 0 spiro atoms. The Bertz CT molecular complexity index is 1310. The standard InChI is InChI=1S/C24H19Cl2FN4O2S/c1-33-19-4-2-3-16(11-19)23(32)28-13-22-29-30-24(34-14-15-5-8-18(27)9-6-15)31(22)21-12-17(25)7-10-20(21)26/h2-12H,13-14H2,1H3,(H,28,32). The maximum absolute atomic E-state index is 13.2. The first kappa shape index (κ1) is 24.1. The fourth-order valence-electron chi connectivity index (χ4n) is 3.16. The van der Waals surface area contributed by atoms with E-state index in [0.29, 0.717) is 43.8 Å². The first-order valence-electron chi connectivity index (χ1n) is 10.1. The second kappa shape index (κ2) is 10.9. The fourth-order valence-corrected chi connectivity index (χ4v) is 4.45. The second-order valence-corrected chi connectivity index (χ2v) is 8.95. The number of nitrogens with zero attached hydrogens (tertiary/aromatic N) is 3. The number of hydrogen-bond donors (Lipinski definition) is 1. The molecule has 174 valence electrons. The van der Waals surface area contributed by atoms with E-state index in [1.807, 2.05) is 0 Å². The van der Waals surface area contributed by atoms with Gasteiger partial charge in [0, 0.05) is 16.3 Å². The Balaban J connectivity index is 1.60. The number of nitrogens with one attached hydrogen (secondary N) is 1. The molecule has 6 nitrogen and oxygen atoms in total. The molecule has 0 bridgehead atoms. The lowest BCUT2D eigenvalue weighted by Crippen LogP contribution is -2.24. The maximum atomic E-state index is 13.2. The molecule has 1 N–H and O–H groups in total. The van der Waals surface area contributed by atoms with Crippen LogP contribution in [-0.4, -0.2) is 27.8 Å². The van der Waals surface area contributed by atoms with Crippen molar-refractivity contribution in [2.45, 2.75) is 17.5 Å². The van der Waals surface area contributed by atoms with Crippen molar-refractivity contribution in [3.8, 4) is 11.4 Å². The molecule has 10 heteroatoms. The molecule has 0 unspecified atom stereocenters. The van der Waals surface area contributed by atoms with E-state index in [1.54, 1.807) is 66.3 Å². The van der Waals surface area contributed by atoms with Crippen LogP contribution in [0.1, 0.15) is 21.7 Å². The summed E-state index contributed by atoms with van der Waals surface area (Å²) in [6.45, 7) is 0.100. The van der Waals surface area contributed by atoms with Crippen molar-refractivity contribution in [3.05, 3.63) is 99.5 Å². The normalized spacial score (nSPS) is 10.8. The minimum absolute atomic E-state index is 0.100. The Morgan fingerprint density at radius 3 is 2.65 bits per heavy atom. The van der Waals surface area contributed by atoms with Crippen molar-refractivity contribution in [1.82, 2.24) is 20.1 Å². The summed E-state index contributed by atoms with van der Waals surface area (Å²) in [5, 5.41) is 12.9. The Morgan fingerprint density at radius 1 is 1.09 bits per heavy atom. The van der Waals surface area contributed by atoms with Gasteiger partial charge in [-0.25, -0.2) is 4.39 Å². The van der Waals surface area contributed by atoms with Gasteiger partial charge in [-0.1, -0.05) is 53.2 Å². The largest absolute Gasteiger partial charge is 0.497 e. The number of aromatic nitrogens is 3. The summed E-state index contributed by atoms with van der Waals surface area (Å²) in [6.07, 6.45) is 0. The van der Waals surface area contributed by atoms with E-state index in [4.69, 9.17) is 27.9 Å². The molecule has 0 aliphatic heterocycles. The van der Waals surface area contributed by atoms with Crippen molar-refractivity contribution in [3.63, 3.8) is 0 Å². The fraction of sp³-hybridized carbons (Fsp3) is 0.125. The molecule has 1 amide bonds. The minimum Gasteiger partial charge on any atom is -0.497 e. The summed E-state index contributed by atoms with van der Waals surface area (Å²) >= 11 is 14.1. The van der Waals surface area contributed by atoms with E-state index in [2.05, 4.69) is 15.5 Å². The molecule has 0 fully saturated rings. The average molecular weight is 517 g/mol. The highest BCUT2D eigenvalue weighted by Crippen LogP contribution is 2.31. The third-order valence-electron chi connectivity index (χ3n) is 4.87. The van der Waals surface area contributed by atoms with Crippen LogP contribution >= 0.6 is 35.0 Å². The number of benzene rings is 3. The smallest absolute Gasteiger partial charge is 0.251 e. The number of rotatable bonds is 8. The van der Waals surface area contributed by atoms with E-state index in [9.17, 15) is 9.18 Å². The molecule has 0 aliphatic carbocycles. The van der Waals surface area contributed by atoms with Crippen LogP contribution in [0.4, 0.5) is 4.39 Å². The second-order valence-electron chi connectivity index (χ2n) is 7.16. The highest BCUT2D eigenvalue weighted by molar-refractivity contribution is 7.98. The zero-order valence-corrected chi connectivity index (χ0v) is 20.3. The third-order valence-corrected chi connectivity index (χ3v) is 6.42. The molecule has 0 atom stereocenters. The van der Waals surface area contributed by atoms with Crippen molar-refractivity contribution in [2.24, 2.45) is 0 Å². The van der Waals surface area contributed by atoms with Crippen LogP contribution in [0.15, 0.2) is 71.9 Å². The van der Waals surface area contributed by atoms with Gasteiger partial charge in [-0.3, -0.25) is 9.36 Å². The van der Waals surface area contributed by atoms with E-state index in [-0.39, 0.29) is 18.3 Å². The molecule has 34 heavy (non-hydrogen) atoms. The van der Waals surface area contributed by atoms with Gasteiger partial charge in [0.15, 0.2) is 11.0 Å². The van der Waals surface area contributed by atoms with Crippen molar-refractivity contribution in [2.75, 3.05) is 7.11 Å². The van der Waals surface area contributed by atoms with Crippen molar-refractivity contribution in [1.29, 1.82) is 0 Å². The monoisotopic (exact) mass is 516 g/mol. The molecule has 0 saturated carbocycles. The lowest BCUT2D eigenvalue weighted by Gasteiger charge is -2.13. The number of methoxy groups -OCH3 is 1. The summed E-state index contributed by atoms with van der Waals surface area (Å²) in [4.78, 5) is 12.7. The predicted molar refractivity (Wildman–Crippen MR) is 132 cm³/mol. The number of hydrogen-bond acceptors (Lipinski definition) is 5. The van der Waals surface area contributed by atoms with Crippen LogP contribution in [0.25, 0.3) is 5.69 Å². The van der Waals surface area contributed by atoms with E-state index >= 15 is 0 Å². The van der Waals surface area contributed by atoms with Crippen LogP contribution in [0, 0.1) is 5.82 Å². The summed E-state index contributed by atoms with van der Waals surface area (Å²) < 4.78 is 20.2. The van der Waals surface area contributed by atoms with E-state index < -0.39 is 0 Å². The predicted octanol–water partition coefficient (Wildman–Crippen LogP) is 5.94. The summed E-state index contributed by atoms with van der Waals surface area (Å²) in [7, 11) is 1.54. The molecule has 1 aromatic heterocycles. The van der Waals surface area contributed by atoms with Gasteiger partial charge in [-0.2, -0.15) is 0 Å². The summed E-state index contributed by atoms with van der Waals surface area (Å²) in [5.41, 5.74) is 1.97. The topological polar surface area (TPSA) is 69.0 Å². The van der Waals surface area contributed by atoms with Gasteiger partial charge in [0.25, 0.3) is 5.91 Å². The lowest BCUT2D eigenvalue weighted by molar-refractivity contribution is 0.0949. The number of carbonyl (C=O) groups is 1. The zero-order chi connectivity index (χ0) is 24.1. The van der Waals surface area contributed by atoms with Crippen LogP contribution in [0.3, 0.4) is 0 Å². The average Bonchev–Trinajstić information content (AvgIpc) is 3.26. The van der Waals surface area contributed by atoms with Gasteiger partial charge >= 0.3 is 0 Å². The lowest BCUT2D eigenvalue weighted by atomic mass is 10.2.